The summed E-state index contributed by atoms with van der Waals surface area (Å²) in [5.41, 5.74) is 8.67. The number of carbonyl (C=O) groups is 5. The van der Waals surface area contributed by atoms with Crippen molar-refractivity contribution in [3.8, 4) is 0 Å². The molecule has 134 heavy (non-hydrogen) atoms. The molecule has 5 amide bonds. The summed E-state index contributed by atoms with van der Waals surface area (Å²) >= 11 is 8.75. The van der Waals surface area contributed by atoms with E-state index < -0.39 is 0 Å². The van der Waals surface area contributed by atoms with Crippen molar-refractivity contribution in [1.29, 1.82) is 0 Å². The molecule has 21 heteroatoms. The van der Waals surface area contributed by atoms with Crippen LogP contribution < -0.4 is 26.6 Å². The Labute approximate surface area is 831 Å². The fourth-order valence-corrected chi connectivity index (χ4v) is 31.3. The molecule has 18 rings (SSSR count). The Bertz CT molecular complexity index is 4250. The van der Waals surface area contributed by atoms with Gasteiger partial charge < -0.3 is 56.2 Å². The summed E-state index contributed by atoms with van der Waals surface area (Å²) in [5.74, 6) is 1.67. The highest BCUT2D eigenvalue weighted by molar-refractivity contribution is 7.15. The second kappa shape index (κ2) is 53.6. The van der Waals surface area contributed by atoms with E-state index in [0.717, 1.165) is 160 Å². The van der Waals surface area contributed by atoms with Gasteiger partial charge in [-0.2, -0.15) is 0 Å². The van der Waals surface area contributed by atoms with Crippen molar-refractivity contribution >= 4 is 86.2 Å². The van der Waals surface area contributed by atoms with Crippen LogP contribution in [-0.2, 0) is 64.2 Å². The lowest BCUT2D eigenvalue weighted by atomic mass is 9.68. The molecule has 0 spiro atoms. The molecule has 3 aliphatic heterocycles. The van der Waals surface area contributed by atoms with Crippen LogP contribution in [0.15, 0.2) is 30.3 Å². The van der Waals surface area contributed by atoms with Gasteiger partial charge >= 0.3 is 0 Å². The largest absolute Gasteiger partial charge is 0.392 e. The molecule has 0 bridgehead atoms. The molecule has 16 nitrogen and oxygen atoms in total. The highest BCUT2D eigenvalue weighted by Gasteiger charge is 2.43. The number of aryl methyl sites for hydroxylation is 10. The first-order valence-electron chi connectivity index (χ1n) is 55.5. The Morgan fingerprint density at radius 1 is 0.313 bits per heavy atom. The Morgan fingerprint density at radius 2 is 0.560 bits per heavy atom. The lowest BCUT2D eigenvalue weighted by Gasteiger charge is -2.44. The number of aliphatic hydroxyl groups is 1. The van der Waals surface area contributed by atoms with Crippen LogP contribution in [0.3, 0.4) is 0 Å². The van der Waals surface area contributed by atoms with Gasteiger partial charge in [0.25, 0.3) is 29.5 Å². The summed E-state index contributed by atoms with van der Waals surface area (Å²) in [7, 11) is 4.44. The zero-order valence-electron chi connectivity index (χ0n) is 84.5. The van der Waals surface area contributed by atoms with Crippen LogP contribution in [0, 0.1) is 33.0 Å². The van der Waals surface area contributed by atoms with Crippen molar-refractivity contribution in [2.45, 2.75) is 399 Å². The van der Waals surface area contributed by atoms with Gasteiger partial charge in [-0.25, -0.2) is 0 Å². The Hall–Kier alpha value is -4.39. The number of piperidine rings is 2. The topological polar surface area (TPSA) is 182 Å². The van der Waals surface area contributed by atoms with Gasteiger partial charge in [0.15, 0.2) is 0 Å². The smallest absolute Gasteiger partial charge is 0.261 e. The molecule has 8 fully saturated rings. The van der Waals surface area contributed by atoms with Crippen molar-refractivity contribution in [2.75, 3.05) is 132 Å². The van der Waals surface area contributed by atoms with Crippen LogP contribution in [-0.4, -0.2) is 197 Å². The monoisotopic (exact) mass is 1930 g/mol. The molecule has 1 unspecified atom stereocenters. The minimum absolute atomic E-state index is 0.127. The molecule has 1 atom stereocenters. The van der Waals surface area contributed by atoms with Gasteiger partial charge in [-0.15, -0.1) is 56.7 Å². The van der Waals surface area contributed by atoms with Gasteiger partial charge in [0.1, 0.15) is 0 Å². The summed E-state index contributed by atoms with van der Waals surface area (Å²) in [4.78, 5) is 88.9. The quantitative estimate of drug-likeness (QED) is 0.0268. The van der Waals surface area contributed by atoms with Gasteiger partial charge in [0.05, 0.1) is 30.5 Å². The summed E-state index contributed by atoms with van der Waals surface area (Å²) in [6.07, 6.45) is 73.1. The van der Waals surface area contributed by atoms with Gasteiger partial charge in [0.2, 0.25) is 0 Å². The summed E-state index contributed by atoms with van der Waals surface area (Å²) in [6, 6.07) is 11.0. The highest BCUT2D eigenvalue weighted by Crippen LogP contribution is 2.46. The third kappa shape index (κ3) is 31.8. The molecular formula is C113H180N10O6S5. The van der Waals surface area contributed by atoms with E-state index in [-0.39, 0.29) is 46.5 Å². The van der Waals surface area contributed by atoms with E-state index in [1.54, 1.807) is 56.7 Å². The Kier molecular flexibility index (Phi) is 42.2. The average Bonchev–Trinajstić information content (AvgIpc) is 1.23. The molecule has 0 radical (unpaired) electrons. The maximum atomic E-state index is 13.0. The number of aliphatic hydroxyl groups excluding tert-OH is 1. The Morgan fingerprint density at radius 3 is 0.836 bits per heavy atom. The van der Waals surface area contributed by atoms with Crippen LogP contribution in [0.25, 0.3) is 0 Å². The van der Waals surface area contributed by atoms with Crippen molar-refractivity contribution in [2.24, 2.45) is 33.0 Å². The third-order valence-corrected chi connectivity index (χ3v) is 39.9. The summed E-state index contributed by atoms with van der Waals surface area (Å²) < 4.78 is 0. The van der Waals surface area contributed by atoms with E-state index in [0.29, 0.717) is 16.2 Å². The molecule has 748 valence electrons. The lowest BCUT2D eigenvalue weighted by molar-refractivity contribution is 0.0431. The van der Waals surface area contributed by atoms with Crippen LogP contribution in [0.1, 0.15) is 430 Å². The SMILES string of the molecule is CC1CCN(CC2(CNC(=O)c3cc4c(s3)CCCCCC4)CCCC2)CC1.CCCN(C)CC1(CNC(=O)c2cc3c(s2)CCCCCC3)CCC1.CCCN(C)CC1(CNC(=O)c2cc3c(s2)CCCCCCC3)CCCC1.O=C(NCC1(CN2CCCC(O)C2)CCCC1)c1cc2c(s1)CCCCCC2.O=C(NCC1(CN2CCCC2)CCC1)c1cc2c(s1)CCCCCCC2. The Balaban J connectivity index is 0.000000134. The van der Waals surface area contributed by atoms with Gasteiger partial charge in [-0.05, 0) is 368 Å². The van der Waals surface area contributed by atoms with Gasteiger partial charge in [-0.3, -0.25) is 24.0 Å². The van der Waals surface area contributed by atoms with Crippen molar-refractivity contribution in [3.05, 3.63) is 107 Å². The number of hydrogen-bond donors (Lipinski definition) is 6. The third-order valence-electron chi connectivity index (χ3n) is 33.7. The maximum Gasteiger partial charge on any atom is 0.261 e. The van der Waals surface area contributed by atoms with E-state index in [4.69, 9.17) is 0 Å². The van der Waals surface area contributed by atoms with Crippen molar-refractivity contribution in [3.63, 3.8) is 0 Å². The molecule has 10 aliphatic carbocycles. The number of amides is 5. The summed E-state index contributed by atoms with van der Waals surface area (Å²) in [5, 5.41) is 26.6. The first-order valence-corrected chi connectivity index (χ1v) is 59.5. The molecule has 3 saturated heterocycles. The van der Waals surface area contributed by atoms with Crippen LogP contribution in [0.2, 0.25) is 0 Å². The number of likely N-dealkylation sites (tertiary alicyclic amines) is 3. The normalized spacial score (nSPS) is 22.6. The van der Waals surface area contributed by atoms with Gasteiger partial charge in [0, 0.05) is 123 Å². The number of β-amino-alcohol motifs (C(OH)–C–C–N with tert-alkyl or cyclic N) is 1. The van der Waals surface area contributed by atoms with Crippen LogP contribution in [0.5, 0.6) is 0 Å². The van der Waals surface area contributed by atoms with Crippen LogP contribution in [0.4, 0.5) is 0 Å². The van der Waals surface area contributed by atoms with Gasteiger partial charge in [-0.1, -0.05) is 149 Å². The standard InChI is InChI=1S/C24H38N2OS.C23H36N2O2S.C23H38N2OS.C22H34N2OS.C21H34N2OS/c1-19-10-14-26(15-11-19)18-24(12-6-7-13-24)17-25-23(27)22-16-20-8-4-2-3-5-9-21(20)28-22;26-19-9-7-13-25(15-19)17-23(11-5-6-12-23)16-24-22(27)21-14-18-8-3-1-2-4-10-20(18)28-21;1-3-15-25(2)18-23(13-9-10-14-23)17-24-22(26)21-16-19-11-7-5-4-6-8-12-20(19)27-21;25-21(20-15-18-9-4-2-1-3-5-10-19(18)26-20)23-16-22(11-8-12-22)17-24-13-6-7-14-24;1-3-13-23(2)16-21(11-8-12-21)15-22-20(24)19-14-17-9-6-4-5-7-10-18(17)25-19/h16,19H,2-15,17-18H2,1H3,(H,25,27);14,19,26H,1-13,15-17H2,(H,24,27);16H,3-15,17-18H2,1-2H3,(H,24,26);15H,1-14,16-17H2,(H,23,25);14H,3-13,15-16H2,1-2H3,(H,22,24). The first-order chi connectivity index (χ1) is 65.2. The molecule has 5 saturated carbocycles. The second-order valence-corrected chi connectivity index (χ2v) is 50.9. The van der Waals surface area contributed by atoms with E-state index in [9.17, 15) is 29.1 Å². The number of thiophene rings is 5. The number of nitrogens with one attached hydrogen (secondary N) is 5. The molecule has 0 aromatic carbocycles. The average molecular weight is 1940 g/mol. The summed E-state index contributed by atoms with van der Waals surface area (Å²) in [6.45, 7) is 25.8. The number of hydrogen-bond acceptors (Lipinski definition) is 16. The number of rotatable bonds is 29. The number of carbonyl (C=O) groups excluding carboxylic acids is 5. The minimum atomic E-state index is -0.174. The predicted octanol–water partition coefficient (Wildman–Crippen LogP) is 24.5. The zero-order valence-corrected chi connectivity index (χ0v) is 88.6. The lowest BCUT2D eigenvalue weighted by Crippen LogP contribution is -2.48. The fourth-order valence-electron chi connectivity index (χ4n) is 25.4. The number of nitrogens with zero attached hydrogens (tertiary/aromatic N) is 5. The molecule has 13 aliphatic rings. The van der Waals surface area contributed by atoms with E-state index in [2.05, 4.69) is 116 Å². The van der Waals surface area contributed by atoms with Crippen molar-refractivity contribution < 1.29 is 29.1 Å². The maximum absolute atomic E-state index is 13.0. The first kappa shape index (κ1) is 105. The highest BCUT2D eigenvalue weighted by atomic mass is 32.1. The molecule has 5 aromatic rings. The van der Waals surface area contributed by atoms with E-state index >= 15 is 0 Å². The van der Waals surface area contributed by atoms with Crippen LogP contribution >= 0.6 is 56.7 Å². The van der Waals surface area contributed by atoms with E-state index in [1.165, 1.54) is 413 Å². The molecular weight excluding hydrogens is 1750 g/mol. The predicted molar refractivity (Wildman–Crippen MR) is 565 cm³/mol. The molecule has 5 aromatic heterocycles. The number of fused-ring (bicyclic) bond motifs is 5. The van der Waals surface area contributed by atoms with E-state index in [1.807, 2.05) is 0 Å². The second-order valence-electron chi connectivity index (χ2n) is 45.3. The zero-order chi connectivity index (χ0) is 93.4. The molecule has 6 N–H and O–H groups in total. The fraction of sp³-hybridized carbons (Fsp3) is 0.779. The van der Waals surface area contributed by atoms with Crippen molar-refractivity contribution in [1.82, 2.24) is 51.1 Å². The minimum Gasteiger partial charge on any atom is -0.392 e. The molecule has 8 heterocycles.